The van der Waals surface area contributed by atoms with Crippen LogP contribution in [0.5, 0.6) is 5.75 Å². The van der Waals surface area contributed by atoms with Gasteiger partial charge in [-0.05, 0) is 93.7 Å². The largest absolute Gasteiger partial charge is 0.508 e. The Labute approximate surface area is 361 Å². The number of phenolic OH excluding ortho intramolecular Hbond substituents is 1. The van der Waals surface area contributed by atoms with Crippen molar-refractivity contribution < 1.29 is 58.1 Å². The van der Waals surface area contributed by atoms with Gasteiger partial charge in [-0.1, -0.05) is 44.2 Å². The molecule has 0 aliphatic carbocycles. The number of esters is 1. The smallest absolute Gasteiger partial charge is 0.325 e. The van der Waals surface area contributed by atoms with Gasteiger partial charge in [0.15, 0.2) is 0 Å². The molecule has 2 saturated heterocycles. The first-order valence-corrected chi connectivity index (χ1v) is 21.0. The summed E-state index contributed by atoms with van der Waals surface area (Å²) in [6, 6.07) is -0.442. The van der Waals surface area contributed by atoms with E-state index in [0.29, 0.717) is 31.6 Å². The van der Waals surface area contributed by atoms with Crippen LogP contribution >= 0.6 is 0 Å². The van der Waals surface area contributed by atoms with Gasteiger partial charge in [0.25, 0.3) is 11.8 Å². The lowest BCUT2D eigenvalue weighted by molar-refractivity contribution is -0.191. The van der Waals surface area contributed by atoms with Gasteiger partial charge in [-0.2, -0.15) is 0 Å². The number of nitrogens with one attached hydrogen (secondary N) is 3. The summed E-state index contributed by atoms with van der Waals surface area (Å²) < 4.78 is 20.5. The molecule has 0 radical (unpaired) electrons. The van der Waals surface area contributed by atoms with Crippen molar-refractivity contribution >= 4 is 35.4 Å². The van der Waals surface area contributed by atoms with E-state index in [0.717, 1.165) is 25.0 Å². The van der Waals surface area contributed by atoms with E-state index in [1.807, 2.05) is 0 Å². The predicted molar refractivity (Wildman–Crippen MR) is 226 cm³/mol. The normalized spacial score (nSPS) is 27.8. The van der Waals surface area contributed by atoms with Gasteiger partial charge < -0.3 is 35.5 Å². The van der Waals surface area contributed by atoms with E-state index in [1.165, 1.54) is 54.3 Å². The number of aliphatic hydroxyl groups is 2. The van der Waals surface area contributed by atoms with E-state index in [1.54, 1.807) is 39.0 Å². The van der Waals surface area contributed by atoms with Crippen LogP contribution in [0.25, 0.3) is 0 Å². The molecule has 3 aliphatic rings. The Balaban J connectivity index is 1.74. The fraction of sp³-hybridized carbons (Fsp3) is 0.511. The number of aromatic hydroxyl groups is 1. The zero-order chi connectivity index (χ0) is 45.5. The Morgan fingerprint density at radius 1 is 1.00 bits per heavy atom. The number of halogens is 1. The molecule has 16 nitrogen and oxygen atoms in total. The van der Waals surface area contributed by atoms with Gasteiger partial charge in [-0.25, -0.2) is 14.9 Å². The van der Waals surface area contributed by atoms with Crippen molar-refractivity contribution in [1.82, 2.24) is 26.1 Å². The molecule has 0 saturated carbocycles. The summed E-state index contributed by atoms with van der Waals surface area (Å²) in [5.41, 5.74) is 3.69. The first kappa shape index (κ1) is 49.0. The van der Waals surface area contributed by atoms with Gasteiger partial charge in [0, 0.05) is 44.5 Å². The second kappa shape index (κ2) is 23.5. The molecule has 3 heterocycles. The Bertz CT molecular complexity index is 1930. The highest BCUT2D eigenvalue weighted by Crippen LogP contribution is 2.24. The summed E-state index contributed by atoms with van der Waals surface area (Å²) in [6.07, 6.45) is 10.2. The van der Waals surface area contributed by atoms with Crippen LogP contribution in [0.1, 0.15) is 85.1 Å². The molecule has 62 heavy (non-hydrogen) atoms. The van der Waals surface area contributed by atoms with Crippen molar-refractivity contribution in [1.29, 1.82) is 0 Å². The molecule has 2 bridgehead atoms. The summed E-state index contributed by atoms with van der Waals surface area (Å²) >= 11 is 0. The number of hydrogen-bond acceptors (Lipinski definition) is 12. The Kier molecular flexibility index (Phi) is 18.6. The van der Waals surface area contributed by atoms with Gasteiger partial charge in [0.2, 0.25) is 11.8 Å². The number of carbonyl (C=O) groups excluding carboxylic acids is 6. The highest BCUT2D eigenvalue weighted by molar-refractivity contribution is 5.93. The molecule has 1 unspecified atom stereocenters. The number of benzene rings is 1. The first-order chi connectivity index (χ1) is 29.4. The van der Waals surface area contributed by atoms with Gasteiger partial charge in [-0.3, -0.25) is 33.8 Å². The number of hydroxylamine groups is 2. The number of ether oxygens (including phenoxy) is 1. The Hall–Kier alpha value is -5.65. The standard InChI is InChI=1S/C45H60FN5O11/c1-27(2)40-43(58)47-36(25-31-23-32(46)26-33(53)24-31)44(59)50-20-12-14-35(49-50)45(60)62-38(28(3)13-11-17-39(55)51-21-9-10-22-61-51)16-8-6-7-15-37(54)30(5)41(56)34(42(57)48-40)19-18-29(4)52/h6-8,11,13,15,17,23-24,26-27,34-36,38,40-41,49,53-54,56H,9-10,12,14,16,18-22,25H2,1-5H3,(H,47,58)(H,48,57)/b8-6+,15-7+,17-11+,28-13+,37-30-/t34-,35?,36+,38+,40+,41-/m1/s1. The fourth-order valence-corrected chi connectivity index (χ4v) is 7.14. The van der Waals surface area contributed by atoms with Crippen LogP contribution in [-0.2, 0) is 44.8 Å². The molecule has 1 aromatic rings. The van der Waals surface area contributed by atoms with Crippen LogP contribution in [0.2, 0.25) is 0 Å². The minimum absolute atomic E-state index is 0.0185. The highest BCUT2D eigenvalue weighted by atomic mass is 19.1. The summed E-state index contributed by atoms with van der Waals surface area (Å²) in [6.45, 7) is 8.83. The number of Topliss-reactive ketones (excluding diaryl/α,β-unsaturated/α-hetero) is 1. The SMILES string of the molecule is CC(=O)CC[C@H]1C(=O)N[C@@H](C(C)C)C(=O)N[C@@H](Cc2cc(O)cc(F)c2)C(=O)N2CCCC(N2)C(=O)O[C@H](/C(C)=C/C=C/C(=O)N2CCCCO2)C/C=C/C=C/C(O)=C(\C)[C@H]1O. The van der Waals surface area contributed by atoms with Crippen molar-refractivity contribution in [2.24, 2.45) is 11.8 Å². The monoisotopic (exact) mass is 865 g/mol. The van der Waals surface area contributed by atoms with E-state index in [2.05, 4.69) is 16.1 Å². The molecule has 6 N–H and O–H groups in total. The average Bonchev–Trinajstić information content (AvgIpc) is 3.23. The number of hydrazine groups is 1. The lowest BCUT2D eigenvalue weighted by Gasteiger charge is -2.36. The quantitative estimate of drug-likeness (QED) is 0.118. The Morgan fingerprint density at radius 3 is 2.44 bits per heavy atom. The van der Waals surface area contributed by atoms with Gasteiger partial charge in [0.1, 0.15) is 47.3 Å². The summed E-state index contributed by atoms with van der Waals surface area (Å²) in [7, 11) is 0. The lowest BCUT2D eigenvalue weighted by Crippen LogP contribution is -2.62. The number of nitrogens with zero attached hydrogens (tertiary/aromatic N) is 2. The number of fused-ring (bicyclic) bond motifs is 2. The maximum absolute atomic E-state index is 14.4. The molecular weight excluding hydrogens is 806 g/mol. The molecule has 0 aromatic heterocycles. The molecule has 0 spiro atoms. The number of ketones is 1. The molecule has 2 fully saturated rings. The van der Waals surface area contributed by atoms with Crippen molar-refractivity contribution in [2.75, 3.05) is 19.7 Å². The second-order valence-electron chi connectivity index (χ2n) is 16.2. The minimum Gasteiger partial charge on any atom is -0.508 e. The minimum atomic E-state index is -1.58. The predicted octanol–water partition coefficient (Wildman–Crippen LogP) is 3.86. The zero-order valence-electron chi connectivity index (χ0n) is 36.0. The number of cyclic esters (lactones) is 1. The summed E-state index contributed by atoms with van der Waals surface area (Å²) in [5.74, 6) is -6.93. The average molecular weight is 866 g/mol. The third-order valence-corrected chi connectivity index (χ3v) is 10.8. The third kappa shape index (κ3) is 14.5. The molecule has 1 aromatic carbocycles. The molecule has 338 valence electrons. The van der Waals surface area contributed by atoms with Crippen LogP contribution in [0.3, 0.4) is 0 Å². The van der Waals surface area contributed by atoms with Crippen LogP contribution in [0, 0.1) is 17.7 Å². The number of carbonyl (C=O) groups is 6. The van der Waals surface area contributed by atoms with Crippen molar-refractivity contribution in [3.05, 3.63) is 89.0 Å². The van der Waals surface area contributed by atoms with Crippen LogP contribution in [-0.4, -0.2) is 111 Å². The van der Waals surface area contributed by atoms with E-state index < -0.39 is 77.4 Å². The lowest BCUT2D eigenvalue weighted by atomic mass is 9.89. The highest BCUT2D eigenvalue weighted by Gasteiger charge is 2.38. The molecule has 17 heteroatoms. The van der Waals surface area contributed by atoms with Crippen LogP contribution in [0.4, 0.5) is 4.39 Å². The number of amides is 4. The third-order valence-electron chi connectivity index (χ3n) is 10.8. The van der Waals surface area contributed by atoms with Crippen molar-refractivity contribution in [2.45, 2.75) is 116 Å². The van der Waals surface area contributed by atoms with Crippen LogP contribution < -0.4 is 16.1 Å². The molecule has 3 aliphatic heterocycles. The number of allylic oxidation sites excluding steroid dienone is 5. The van der Waals surface area contributed by atoms with E-state index in [4.69, 9.17) is 9.57 Å². The number of aliphatic hydroxyl groups excluding tert-OH is 2. The summed E-state index contributed by atoms with van der Waals surface area (Å²) in [5, 5.41) is 40.4. The van der Waals surface area contributed by atoms with Gasteiger partial charge in [0.05, 0.1) is 18.6 Å². The van der Waals surface area contributed by atoms with E-state index >= 15 is 0 Å². The van der Waals surface area contributed by atoms with Crippen molar-refractivity contribution in [3.8, 4) is 5.75 Å². The number of hydrogen-bond donors (Lipinski definition) is 6. The molecular formula is C45H60FN5O11. The molecule has 4 rings (SSSR count). The first-order valence-electron chi connectivity index (χ1n) is 21.0. The second-order valence-corrected chi connectivity index (χ2v) is 16.2. The number of rotatable bonds is 9. The van der Waals surface area contributed by atoms with Crippen molar-refractivity contribution in [3.63, 3.8) is 0 Å². The van der Waals surface area contributed by atoms with E-state index in [-0.39, 0.29) is 60.8 Å². The topological polar surface area (TPSA) is 224 Å². The van der Waals surface area contributed by atoms with Gasteiger partial charge in [-0.15, -0.1) is 0 Å². The van der Waals surface area contributed by atoms with E-state index in [9.17, 15) is 48.5 Å². The fourth-order valence-electron chi connectivity index (χ4n) is 7.14. The Morgan fingerprint density at radius 2 is 1.76 bits per heavy atom. The summed E-state index contributed by atoms with van der Waals surface area (Å²) in [4.78, 5) is 86.2. The van der Waals surface area contributed by atoms with Crippen LogP contribution in [0.15, 0.2) is 77.6 Å². The molecule has 6 atom stereocenters. The molecule has 4 amide bonds. The maximum Gasteiger partial charge on any atom is 0.325 e. The maximum atomic E-state index is 14.4. The zero-order valence-corrected chi connectivity index (χ0v) is 36.0. The van der Waals surface area contributed by atoms with Gasteiger partial charge >= 0.3 is 5.97 Å². The number of phenols is 1.